The number of nitrogens with one attached hydrogen (secondary N) is 2. The van der Waals surface area contributed by atoms with Gasteiger partial charge < -0.3 is 15.2 Å². The van der Waals surface area contributed by atoms with Crippen LogP contribution in [0.5, 0.6) is 0 Å². The molecule has 204 valence electrons. The molecule has 6 rings (SSSR count). The monoisotopic (exact) mass is 547 g/mol. The molecule has 11 heteroatoms. The summed E-state index contributed by atoms with van der Waals surface area (Å²) in [5, 5.41) is 5.81. The Morgan fingerprint density at radius 3 is 2.52 bits per heavy atom. The second-order valence-corrected chi connectivity index (χ2v) is 9.86. The van der Waals surface area contributed by atoms with Crippen LogP contribution in [0.2, 0.25) is 0 Å². The molecule has 2 aliphatic carbocycles. The van der Waals surface area contributed by atoms with Crippen LogP contribution in [0, 0.1) is 12.7 Å². The summed E-state index contributed by atoms with van der Waals surface area (Å²) in [6.45, 7) is 2.27. The minimum absolute atomic E-state index is 0.00642. The number of imidazole rings is 1. The number of hydrogen-bond acceptors (Lipinski definition) is 6. The molecule has 0 spiro atoms. The first-order valence-electron chi connectivity index (χ1n) is 12.8. The fraction of sp³-hybridized carbons (Fsp3) is 0.241. The molecule has 0 amide bonds. The normalized spacial score (nSPS) is 16.3. The Balaban J connectivity index is 1.33. The number of hydrogen-bond donors (Lipinski definition) is 2. The molecule has 1 aromatic carbocycles. The molecule has 0 aliphatic heterocycles. The second kappa shape index (κ2) is 9.89. The summed E-state index contributed by atoms with van der Waals surface area (Å²) in [5.74, 6) is 0.627. The molecule has 40 heavy (non-hydrogen) atoms. The van der Waals surface area contributed by atoms with E-state index in [4.69, 9.17) is 0 Å². The number of alkyl halides is 3. The lowest BCUT2D eigenvalue weighted by molar-refractivity contribution is -0.151. The van der Waals surface area contributed by atoms with Gasteiger partial charge in [0.1, 0.15) is 22.7 Å². The van der Waals surface area contributed by atoms with Gasteiger partial charge in [0.05, 0.1) is 11.2 Å². The smallest absolute Gasteiger partial charge is 0.354 e. The second-order valence-electron chi connectivity index (χ2n) is 9.86. The molecule has 0 saturated heterocycles. The lowest BCUT2D eigenvalue weighted by Crippen LogP contribution is -2.39. The van der Waals surface area contributed by atoms with Crippen LogP contribution >= 0.6 is 0 Å². The SMILES string of the molecule is Cc1nccn1C1=CC(CNc2nc(NC3(C(F)(F)F)CC3)c3nc(-c4ccc(F)cc4)ccc3n2)=CCC=C1. The first-order chi connectivity index (χ1) is 19.2. The summed E-state index contributed by atoms with van der Waals surface area (Å²) in [5.41, 5.74) is 1.54. The van der Waals surface area contributed by atoms with E-state index in [0.717, 1.165) is 23.5 Å². The van der Waals surface area contributed by atoms with E-state index in [9.17, 15) is 17.6 Å². The molecule has 3 heterocycles. The van der Waals surface area contributed by atoms with E-state index in [1.54, 1.807) is 30.5 Å². The van der Waals surface area contributed by atoms with Gasteiger partial charge in [0.15, 0.2) is 5.82 Å². The van der Waals surface area contributed by atoms with E-state index in [0.29, 0.717) is 23.3 Å². The molecule has 4 aromatic rings. The average molecular weight is 548 g/mol. The molecule has 1 fully saturated rings. The van der Waals surface area contributed by atoms with Crippen molar-refractivity contribution in [3.05, 3.63) is 90.3 Å². The lowest BCUT2D eigenvalue weighted by atomic mass is 10.1. The van der Waals surface area contributed by atoms with Crippen molar-refractivity contribution < 1.29 is 17.6 Å². The highest BCUT2D eigenvalue weighted by atomic mass is 19.4. The van der Waals surface area contributed by atoms with Crippen molar-refractivity contribution in [3.8, 4) is 11.3 Å². The van der Waals surface area contributed by atoms with E-state index in [2.05, 4.69) is 36.6 Å². The third-order valence-electron chi connectivity index (χ3n) is 7.03. The maximum absolute atomic E-state index is 13.9. The molecule has 0 radical (unpaired) electrons. The molecular weight excluding hydrogens is 522 g/mol. The Labute approximate surface area is 227 Å². The number of anilines is 2. The maximum atomic E-state index is 13.9. The maximum Gasteiger partial charge on any atom is 0.411 e. The zero-order chi connectivity index (χ0) is 27.9. The van der Waals surface area contributed by atoms with Crippen molar-refractivity contribution in [3.63, 3.8) is 0 Å². The Kier molecular flexibility index (Phi) is 6.36. The standard InChI is InChI=1S/C29H25F4N7/c1-18-34-14-15-40(18)22-5-3-2-4-19(16-22)17-35-27-37-24-11-10-23(20-6-8-21(30)9-7-20)36-25(24)26(38-27)39-28(12-13-28)29(31,32)33/h3-11,14-16H,2,12-13,17H2,1H3,(H2,35,37,38,39). The quantitative estimate of drug-likeness (QED) is 0.251. The fourth-order valence-electron chi connectivity index (χ4n) is 4.60. The van der Waals surface area contributed by atoms with Crippen molar-refractivity contribution in [2.75, 3.05) is 17.2 Å². The van der Waals surface area contributed by atoms with Gasteiger partial charge >= 0.3 is 6.18 Å². The summed E-state index contributed by atoms with van der Waals surface area (Å²) in [6, 6.07) is 9.12. The molecule has 3 aromatic heterocycles. The summed E-state index contributed by atoms with van der Waals surface area (Å²) < 4.78 is 57.0. The van der Waals surface area contributed by atoms with E-state index < -0.39 is 17.5 Å². The molecule has 0 atom stereocenters. The molecule has 1 saturated carbocycles. The predicted octanol–water partition coefficient (Wildman–Crippen LogP) is 6.68. The summed E-state index contributed by atoms with van der Waals surface area (Å²) >= 11 is 0. The zero-order valence-corrected chi connectivity index (χ0v) is 21.5. The van der Waals surface area contributed by atoms with Crippen LogP contribution in [0.25, 0.3) is 28.0 Å². The third-order valence-corrected chi connectivity index (χ3v) is 7.03. The number of rotatable bonds is 7. The minimum Gasteiger partial charge on any atom is -0.354 e. The van der Waals surface area contributed by atoms with E-state index in [1.165, 1.54) is 12.1 Å². The Morgan fingerprint density at radius 1 is 1.02 bits per heavy atom. The topological polar surface area (TPSA) is 80.5 Å². The van der Waals surface area contributed by atoms with Crippen LogP contribution < -0.4 is 10.6 Å². The number of fused-ring (bicyclic) bond motifs is 1. The number of halogens is 4. The summed E-state index contributed by atoms with van der Waals surface area (Å²) in [7, 11) is 0. The van der Waals surface area contributed by atoms with Crippen LogP contribution in [-0.2, 0) is 0 Å². The number of pyridine rings is 1. The number of allylic oxidation sites excluding steroid dienone is 4. The molecule has 0 unspecified atom stereocenters. The molecule has 7 nitrogen and oxygen atoms in total. The Hall–Kier alpha value is -4.54. The molecule has 2 N–H and O–H groups in total. The van der Waals surface area contributed by atoms with Crippen LogP contribution in [0.15, 0.2) is 78.7 Å². The van der Waals surface area contributed by atoms with Gasteiger partial charge in [-0.3, -0.25) is 0 Å². The average Bonchev–Trinajstić information content (AvgIpc) is 3.66. The van der Waals surface area contributed by atoms with Crippen molar-refractivity contribution >= 4 is 28.5 Å². The summed E-state index contributed by atoms with van der Waals surface area (Å²) in [6.07, 6.45) is 7.93. The van der Waals surface area contributed by atoms with Gasteiger partial charge in [-0.2, -0.15) is 18.2 Å². The van der Waals surface area contributed by atoms with Gasteiger partial charge in [0.2, 0.25) is 5.95 Å². The lowest BCUT2D eigenvalue weighted by Gasteiger charge is -2.22. The first kappa shape index (κ1) is 25.7. The highest BCUT2D eigenvalue weighted by molar-refractivity contribution is 5.89. The van der Waals surface area contributed by atoms with Gasteiger partial charge in [0.25, 0.3) is 0 Å². The Morgan fingerprint density at radius 2 is 1.82 bits per heavy atom. The minimum atomic E-state index is -4.45. The van der Waals surface area contributed by atoms with Gasteiger partial charge in [-0.25, -0.2) is 19.3 Å². The van der Waals surface area contributed by atoms with Crippen molar-refractivity contribution in [2.24, 2.45) is 0 Å². The highest BCUT2D eigenvalue weighted by Gasteiger charge is 2.64. The molecular formula is C29H25F4N7. The predicted molar refractivity (Wildman–Crippen MR) is 146 cm³/mol. The van der Waals surface area contributed by atoms with E-state index >= 15 is 0 Å². The number of aryl methyl sites for hydroxylation is 1. The Bertz CT molecular complexity index is 1660. The molecule has 0 bridgehead atoms. The van der Waals surface area contributed by atoms with Crippen molar-refractivity contribution in [1.82, 2.24) is 24.5 Å². The van der Waals surface area contributed by atoms with Crippen LogP contribution in [0.3, 0.4) is 0 Å². The third kappa shape index (κ3) is 5.06. The van der Waals surface area contributed by atoms with E-state index in [1.807, 2.05) is 35.9 Å². The number of benzene rings is 1. The number of aromatic nitrogens is 5. The van der Waals surface area contributed by atoms with Gasteiger partial charge in [-0.05, 0) is 80.3 Å². The molecule has 2 aliphatic rings. The van der Waals surface area contributed by atoms with Crippen LogP contribution in [0.1, 0.15) is 25.1 Å². The van der Waals surface area contributed by atoms with Gasteiger partial charge in [0, 0.05) is 30.2 Å². The zero-order valence-electron chi connectivity index (χ0n) is 21.5. The van der Waals surface area contributed by atoms with Crippen LogP contribution in [-0.4, -0.2) is 42.8 Å². The van der Waals surface area contributed by atoms with Crippen LogP contribution in [0.4, 0.5) is 29.3 Å². The van der Waals surface area contributed by atoms with Gasteiger partial charge in [-0.1, -0.05) is 12.2 Å². The largest absolute Gasteiger partial charge is 0.411 e. The highest BCUT2D eigenvalue weighted by Crippen LogP contribution is 2.51. The fourth-order valence-corrected chi connectivity index (χ4v) is 4.60. The van der Waals surface area contributed by atoms with Crippen molar-refractivity contribution in [2.45, 2.75) is 37.9 Å². The van der Waals surface area contributed by atoms with Gasteiger partial charge in [-0.15, -0.1) is 0 Å². The van der Waals surface area contributed by atoms with Crippen molar-refractivity contribution in [1.29, 1.82) is 0 Å². The first-order valence-corrected chi connectivity index (χ1v) is 12.8. The number of nitrogens with zero attached hydrogens (tertiary/aromatic N) is 5. The summed E-state index contributed by atoms with van der Waals surface area (Å²) in [4.78, 5) is 17.8. The van der Waals surface area contributed by atoms with E-state index in [-0.39, 0.29) is 30.1 Å².